The molecule has 0 saturated carbocycles. The van der Waals surface area contributed by atoms with Gasteiger partial charge in [0.05, 0.1) is 15.1 Å². The van der Waals surface area contributed by atoms with Crippen LogP contribution in [-0.2, 0) is 0 Å². The van der Waals surface area contributed by atoms with Crippen LogP contribution in [0.4, 0.5) is 5.82 Å². The Kier molecular flexibility index (Phi) is 3.26. The number of hydrogen-bond acceptors (Lipinski definition) is 5. The number of rotatable bonds is 2. The highest BCUT2D eigenvalue weighted by atomic mass is 127. The first kappa shape index (κ1) is 11.9. The van der Waals surface area contributed by atoms with Gasteiger partial charge in [-0.1, -0.05) is 11.8 Å². The van der Waals surface area contributed by atoms with E-state index in [1.165, 1.54) is 11.8 Å². The Morgan fingerprint density at radius 1 is 1.62 bits per heavy atom. The van der Waals surface area contributed by atoms with Gasteiger partial charge in [0.2, 0.25) is 0 Å². The first-order chi connectivity index (χ1) is 7.58. The van der Waals surface area contributed by atoms with Crippen LogP contribution in [0.2, 0.25) is 0 Å². The van der Waals surface area contributed by atoms with Crippen molar-refractivity contribution in [2.75, 3.05) is 24.2 Å². The van der Waals surface area contributed by atoms with E-state index in [1.54, 1.807) is 0 Å². The maximum Gasteiger partial charge on any atom is 0.189 e. The molecule has 1 aromatic heterocycles. The molecule has 0 aliphatic carbocycles. The zero-order valence-corrected chi connectivity index (χ0v) is 12.0. The molecule has 2 heterocycles. The van der Waals surface area contributed by atoms with E-state index in [9.17, 15) is 0 Å². The summed E-state index contributed by atoms with van der Waals surface area (Å²) in [6, 6.07) is 2.33. The number of halogens is 1. The molecule has 0 aromatic carbocycles. The van der Waals surface area contributed by atoms with Gasteiger partial charge in [-0.2, -0.15) is 5.26 Å². The number of thioether (sulfide) groups is 1. The van der Waals surface area contributed by atoms with E-state index in [1.807, 2.05) is 19.4 Å². The van der Waals surface area contributed by atoms with Crippen LogP contribution in [0.15, 0.2) is 11.4 Å². The zero-order valence-electron chi connectivity index (χ0n) is 9.07. The van der Waals surface area contributed by atoms with Gasteiger partial charge in [-0.25, -0.2) is 9.97 Å². The van der Waals surface area contributed by atoms with Gasteiger partial charge in [-0.3, -0.25) is 0 Å². The van der Waals surface area contributed by atoms with Gasteiger partial charge in [0, 0.05) is 19.3 Å². The van der Waals surface area contributed by atoms with Crippen LogP contribution >= 0.6 is 34.4 Å². The maximum atomic E-state index is 8.96. The van der Waals surface area contributed by atoms with Crippen LogP contribution in [0.25, 0.3) is 0 Å². The first-order valence-electron chi connectivity index (χ1n) is 4.81. The van der Waals surface area contributed by atoms with E-state index in [4.69, 9.17) is 5.26 Å². The van der Waals surface area contributed by atoms with Crippen LogP contribution in [0.5, 0.6) is 0 Å². The minimum absolute atomic E-state index is 0.215. The van der Waals surface area contributed by atoms with E-state index in [0.717, 1.165) is 27.6 Å². The predicted octanol–water partition coefficient (Wildman–Crippen LogP) is 2.15. The fourth-order valence-electron chi connectivity index (χ4n) is 1.68. The molecule has 0 atom stereocenters. The molecular formula is C10H11IN4S. The molecule has 1 aromatic rings. The Bertz CT molecular complexity index is 451. The van der Waals surface area contributed by atoms with E-state index in [-0.39, 0.29) is 5.41 Å². The topological polar surface area (TPSA) is 52.8 Å². The van der Waals surface area contributed by atoms with Crippen molar-refractivity contribution in [1.82, 2.24) is 9.97 Å². The summed E-state index contributed by atoms with van der Waals surface area (Å²) >= 11 is 3.76. The number of nitriles is 1. The maximum absolute atomic E-state index is 8.96. The zero-order chi connectivity index (χ0) is 11.8. The molecule has 0 amide bonds. The van der Waals surface area contributed by atoms with Crippen LogP contribution in [-0.4, -0.2) is 29.3 Å². The number of anilines is 1. The average molecular weight is 346 g/mol. The molecule has 84 valence electrons. The van der Waals surface area contributed by atoms with Gasteiger partial charge in [0.1, 0.15) is 5.82 Å². The van der Waals surface area contributed by atoms with E-state index in [2.05, 4.69) is 43.5 Å². The van der Waals surface area contributed by atoms with Gasteiger partial charge in [0.25, 0.3) is 0 Å². The Morgan fingerprint density at radius 3 is 2.88 bits per heavy atom. The lowest BCUT2D eigenvalue weighted by molar-refractivity contribution is 0.333. The standard InChI is InChI=1S/C10H11IN4S/c1-10(4-12)5-15(6-10)8-7(11)3-13-9(14-8)16-2/h3H,5-6H2,1-2H3. The third-order valence-electron chi connectivity index (χ3n) is 2.54. The van der Waals surface area contributed by atoms with E-state index >= 15 is 0 Å². The molecule has 16 heavy (non-hydrogen) atoms. The number of aromatic nitrogens is 2. The Labute approximate surface area is 113 Å². The summed E-state index contributed by atoms with van der Waals surface area (Å²) in [5.41, 5.74) is -0.215. The molecule has 0 N–H and O–H groups in total. The molecule has 1 saturated heterocycles. The lowest BCUT2D eigenvalue weighted by atomic mass is 9.84. The summed E-state index contributed by atoms with van der Waals surface area (Å²) in [4.78, 5) is 10.8. The monoisotopic (exact) mass is 346 g/mol. The summed E-state index contributed by atoms with van der Waals surface area (Å²) in [6.45, 7) is 3.49. The minimum Gasteiger partial charge on any atom is -0.352 e. The lowest BCUT2D eigenvalue weighted by Gasteiger charge is -2.44. The van der Waals surface area contributed by atoms with Crippen molar-refractivity contribution in [3.05, 3.63) is 9.77 Å². The molecule has 0 unspecified atom stereocenters. The minimum atomic E-state index is -0.215. The van der Waals surface area contributed by atoms with Gasteiger partial charge in [0.15, 0.2) is 5.16 Å². The number of hydrogen-bond donors (Lipinski definition) is 0. The third kappa shape index (κ3) is 2.11. The predicted molar refractivity (Wildman–Crippen MR) is 72.5 cm³/mol. The molecule has 4 nitrogen and oxygen atoms in total. The van der Waals surface area contributed by atoms with Crippen molar-refractivity contribution in [1.29, 1.82) is 5.26 Å². The SMILES string of the molecule is CSc1ncc(I)c(N2CC(C)(C#N)C2)n1. The molecule has 2 rings (SSSR count). The molecule has 0 radical (unpaired) electrons. The normalized spacial score (nSPS) is 17.8. The van der Waals surface area contributed by atoms with Gasteiger partial charge in [-0.05, 0) is 35.8 Å². The van der Waals surface area contributed by atoms with Gasteiger partial charge in [-0.15, -0.1) is 0 Å². The Morgan fingerprint density at radius 2 is 2.31 bits per heavy atom. The summed E-state index contributed by atoms with van der Waals surface area (Å²) in [5.74, 6) is 0.952. The summed E-state index contributed by atoms with van der Waals surface area (Å²) in [5, 5.41) is 9.74. The molecule has 1 fully saturated rings. The average Bonchev–Trinajstić information content (AvgIpc) is 2.26. The van der Waals surface area contributed by atoms with Gasteiger partial charge < -0.3 is 4.90 Å². The fraction of sp³-hybridized carbons (Fsp3) is 0.500. The molecule has 1 aliphatic heterocycles. The molecule has 0 spiro atoms. The lowest BCUT2D eigenvalue weighted by Crippen LogP contribution is -2.54. The summed E-state index contributed by atoms with van der Waals surface area (Å²) in [7, 11) is 0. The Hall–Kier alpha value is -0.550. The molecule has 1 aliphatic rings. The molecule has 0 bridgehead atoms. The quantitative estimate of drug-likeness (QED) is 0.467. The van der Waals surface area contributed by atoms with Crippen molar-refractivity contribution < 1.29 is 0 Å². The molecule has 6 heteroatoms. The fourth-order valence-corrected chi connectivity index (χ4v) is 2.62. The molecular weight excluding hydrogens is 335 g/mol. The van der Waals surface area contributed by atoms with E-state index < -0.39 is 0 Å². The van der Waals surface area contributed by atoms with Crippen molar-refractivity contribution in [2.24, 2.45) is 5.41 Å². The van der Waals surface area contributed by atoms with Crippen LogP contribution in [0, 0.1) is 20.3 Å². The summed E-state index contributed by atoms with van der Waals surface area (Å²) in [6.07, 6.45) is 3.79. The van der Waals surface area contributed by atoms with Crippen molar-refractivity contribution in [3.63, 3.8) is 0 Å². The second-order valence-corrected chi connectivity index (χ2v) is 5.99. The number of nitrogens with zero attached hydrogens (tertiary/aromatic N) is 4. The van der Waals surface area contributed by atoms with Crippen molar-refractivity contribution in [3.8, 4) is 6.07 Å². The largest absolute Gasteiger partial charge is 0.352 e. The second-order valence-electron chi connectivity index (χ2n) is 4.06. The Balaban J connectivity index is 2.20. The third-order valence-corrected chi connectivity index (χ3v) is 3.86. The summed E-state index contributed by atoms with van der Waals surface area (Å²) < 4.78 is 1.04. The highest BCUT2D eigenvalue weighted by Gasteiger charge is 2.40. The van der Waals surface area contributed by atoms with Gasteiger partial charge >= 0.3 is 0 Å². The smallest absolute Gasteiger partial charge is 0.189 e. The second kappa shape index (κ2) is 4.37. The van der Waals surface area contributed by atoms with E-state index in [0.29, 0.717) is 0 Å². The first-order valence-corrected chi connectivity index (χ1v) is 7.11. The highest BCUT2D eigenvalue weighted by Crippen LogP contribution is 2.34. The van der Waals surface area contributed by atoms with Crippen LogP contribution < -0.4 is 4.90 Å². The highest BCUT2D eigenvalue weighted by molar-refractivity contribution is 14.1. The van der Waals surface area contributed by atoms with Crippen molar-refractivity contribution in [2.45, 2.75) is 12.1 Å². The van der Waals surface area contributed by atoms with Crippen LogP contribution in [0.3, 0.4) is 0 Å². The van der Waals surface area contributed by atoms with Crippen LogP contribution in [0.1, 0.15) is 6.92 Å². The van der Waals surface area contributed by atoms with Crippen molar-refractivity contribution >= 4 is 40.2 Å².